The molecule has 2 atom stereocenters. The predicted molar refractivity (Wildman–Crippen MR) is 150 cm³/mol. The molecule has 0 saturated heterocycles. The van der Waals surface area contributed by atoms with Crippen LogP contribution in [0.1, 0.15) is 31.0 Å². The first-order chi connectivity index (χ1) is 19.1. The van der Waals surface area contributed by atoms with E-state index in [1.165, 1.54) is 40.4 Å². The number of carbonyl (C=O) groups excluding carboxylic acids is 2. The maximum absolute atomic E-state index is 13.6. The van der Waals surface area contributed by atoms with Gasteiger partial charge in [0.2, 0.25) is 21.7 Å². The highest BCUT2D eigenvalue weighted by Gasteiger charge is 2.37. The van der Waals surface area contributed by atoms with Gasteiger partial charge in [0.25, 0.3) is 0 Å². The number of hydrogen-bond donors (Lipinski definition) is 2. The van der Waals surface area contributed by atoms with Gasteiger partial charge < -0.3 is 24.3 Å². The molecule has 0 unspecified atom stereocenters. The zero-order valence-corrected chi connectivity index (χ0v) is 24.1. The minimum Gasteiger partial charge on any atom is -0.493 e. The predicted octanol–water partition coefficient (Wildman–Crippen LogP) is 3.78. The molecule has 0 aliphatic heterocycles. The molecule has 2 N–H and O–H groups in total. The third-order valence-corrected chi connectivity index (χ3v) is 7.59. The number of ether oxygens (including phenoxy) is 4. The van der Waals surface area contributed by atoms with Crippen molar-refractivity contribution in [2.24, 2.45) is 0 Å². The van der Waals surface area contributed by atoms with Gasteiger partial charge in [0.15, 0.2) is 11.5 Å². The Morgan fingerprint density at radius 2 is 1.50 bits per heavy atom. The number of aryl methyl sites for hydroxylation is 1. The average molecular weight is 571 g/mol. The Morgan fingerprint density at radius 3 is 2.08 bits per heavy atom. The third-order valence-electron chi connectivity index (χ3n) is 6.14. The van der Waals surface area contributed by atoms with Crippen molar-refractivity contribution < 1.29 is 37.0 Å². The van der Waals surface area contributed by atoms with Crippen molar-refractivity contribution in [1.29, 1.82) is 0 Å². The van der Waals surface area contributed by atoms with E-state index in [1.807, 2.05) is 6.92 Å². The van der Waals surface area contributed by atoms with Crippen LogP contribution < -0.4 is 24.2 Å². The second-order valence-corrected chi connectivity index (χ2v) is 10.5. The molecule has 0 aromatic heterocycles. The quantitative estimate of drug-likeness (QED) is 0.315. The number of benzene rings is 3. The Balaban J connectivity index is 2.29. The molecule has 0 aliphatic carbocycles. The van der Waals surface area contributed by atoms with E-state index in [1.54, 1.807) is 55.5 Å². The second kappa shape index (κ2) is 13.3. The SMILES string of the molecule is CCOC(=O)[C@@H](NC(C)=O)[C@@H](NS(=O)(=O)c1ccc(C)cc1)c1ccccc1-c1ccc(OC)c(OC)c1OC. The molecule has 0 fully saturated rings. The fourth-order valence-electron chi connectivity index (χ4n) is 4.32. The first-order valence-corrected chi connectivity index (χ1v) is 14.0. The van der Waals surface area contributed by atoms with Crippen molar-refractivity contribution in [2.75, 3.05) is 27.9 Å². The highest BCUT2D eigenvalue weighted by atomic mass is 32.2. The Bertz CT molecular complexity index is 1460. The molecule has 3 aromatic rings. The van der Waals surface area contributed by atoms with Gasteiger partial charge in [-0.15, -0.1) is 0 Å². The molecule has 1 amide bonds. The zero-order valence-electron chi connectivity index (χ0n) is 23.3. The molecule has 0 bridgehead atoms. The molecule has 3 aromatic carbocycles. The van der Waals surface area contributed by atoms with Gasteiger partial charge >= 0.3 is 5.97 Å². The van der Waals surface area contributed by atoms with Crippen LogP contribution in [0.15, 0.2) is 65.6 Å². The van der Waals surface area contributed by atoms with Gasteiger partial charge in [-0.3, -0.25) is 4.79 Å². The monoisotopic (exact) mass is 570 g/mol. The van der Waals surface area contributed by atoms with Gasteiger partial charge in [-0.05, 0) is 49.2 Å². The molecule has 0 aliphatic rings. The van der Waals surface area contributed by atoms with E-state index in [4.69, 9.17) is 18.9 Å². The van der Waals surface area contributed by atoms with Crippen molar-refractivity contribution >= 4 is 21.9 Å². The molecule has 40 heavy (non-hydrogen) atoms. The lowest BCUT2D eigenvalue weighted by molar-refractivity contribution is -0.148. The molecular weight excluding hydrogens is 536 g/mol. The summed E-state index contributed by atoms with van der Waals surface area (Å²) in [6.45, 7) is 4.72. The summed E-state index contributed by atoms with van der Waals surface area (Å²) in [5.74, 6) is -0.249. The second-order valence-electron chi connectivity index (χ2n) is 8.81. The highest BCUT2D eigenvalue weighted by molar-refractivity contribution is 7.89. The number of sulfonamides is 1. The van der Waals surface area contributed by atoms with E-state index in [-0.39, 0.29) is 11.5 Å². The van der Waals surface area contributed by atoms with Crippen LogP contribution in [0.2, 0.25) is 0 Å². The summed E-state index contributed by atoms with van der Waals surface area (Å²) in [7, 11) is 0.268. The fraction of sp³-hybridized carbons (Fsp3) is 0.310. The molecule has 0 radical (unpaired) electrons. The van der Waals surface area contributed by atoms with E-state index in [0.717, 1.165) is 5.56 Å². The normalized spacial score (nSPS) is 12.7. The number of amides is 1. The molecular formula is C29H34N2O8S. The summed E-state index contributed by atoms with van der Waals surface area (Å²) in [6, 6.07) is 13.9. The van der Waals surface area contributed by atoms with E-state index in [9.17, 15) is 18.0 Å². The summed E-state index contributed by atoms with van der Waals surface area (Å²) in [6.07, 6.45) is 0. The molecule has 0 spiro atoms. The van der Waals surface area contributed by atoms with Gasteiger partial charge in [0.05, 0.1) is 38.9 Å². The number of carbonyl (C=O) groups is 2. The van der Waals surface area contributed by atoms with Crippen LogP contribution in [0, 0.1) is 6.92 Å². The van der Waals surface area contributed by atoms with Gasteiger partial charge in [0, 0.05) is 12.5 Å². The smallest absolute Gasteiger partial charge is 0.330 e. The number of esters is 1. The number of hydrogen-bond acceptors (Lipinski definition) is 8. The minimum absolute atomic E-state index is 0.00490. The van der Waals surface area contributed by atoms with Gasteiger partial charge in [-0.1, -0.05) is 42.0 Å². The summed E-state index contributed by atoms with van der Waals surface area (Å²) in [5, 5.41) is 2.58. The molecule has 3 rings (SSSR count). The number of rotatable bonds is 12. The van der Waals surface area contributed by atoms with Crippen LogP contribution >= 0.6 is 0 Å². The van der Waals surface area contributed by atoms with Crippen LogP contribution in [-0.4, -0.2) is 54.3 Å². The van der Waals surface area contributed by atoms with E-state index >= 15 is 0 Å². The van der Waals surface area contributed by atoms with E-state index in [2.05, 4.69) is 10.0 Å². The van der Waals surface area contributed by atoms with Crippen LogP contribution in [-0.2, 0) is 24.3 Å². The van der Waals surface area contributed by atoms with E-state index in [0.29, 0.717) is 33.9 Å². The largest absolute Gasteiger partial charge is 0.493 e. The molecule has 0 saturated carbocycles. The molecule has 0 heterocycles. The van der Waals surface area contributed by atoms with E-state index < -0.39 is 34.0 Å². The Morgan fingerprint density at radius 1 is 0.850 bits per heavy atom. The summed E-state index contributed by atoms with van der Waals surface area (Å²) in [4.78, 5) is 25.4. The first-order valence-electron chi connectivity index (χ1n) is 12.5. The first kappa shape index (κ1) is 30.5. The van der Waals surface area contributed by atoms with Crippen LogP contribution in [0.3, 0.4) is 0 Å². The van der Waals surface area contributed by atoms with Crippen LogP contribution in [0.4, 0.5) is 0 Å². The third kappa shape index (κ3) is 6.72. The van der Waals surface area contributed by atoms with Crippen molar-refractivity contribution in [3.8, 4) is 28.4 Å². The van der Waals surface area contributed by atoms with Crippen molar-refractivity contribution in [3.63, 3.8) is 0 Å². The summed E-state index contributed by atoms with van der Waals surface area (Å²) < 4.78 is 51.8. The number of nitrogens with one attached hydrogen (secondary N) is 2. The highest BCUT2D eigenvalue weighted by Crippen LogP contribution is 2.46. The van der Waals surface area contributed by atoms with Crippen molar-refractivity contribution in [2.45, 2.75) is 37.8 Å². The van der Waals surface area contributed by atoms with Gasteiger partial charge in [0.1, 0.15) is 6.04 Å². The Kier molecular flexibility index (Phi) is 10.1. The van der Waals surface area contributed by atoms with Crippen LogP contribution in [0.25, 0.3) is 11.1 Å². The molecule has 214 valence electrons. The van der Waals surface area contributed by atoms with Crippen LogP contribution in [0.5, 0.6) is 17.2 Å². The van der Waals surface area contributed by atoms with Gasteiger partial charge in [-0.25, -0.2) is 17.9 Å². The maximum atomic E-state index is 13.6. The average Bonchev–Trinajstić information content (AvgIpc) is 2.94. The fourth-order valence-corrected chi connectivity index (χ4v) is 5.55. The summed E-state index contributed by atoms with van der Waals surface area (Å²) >= 11 is 0. The lowest BCUT2D eigenvalue weighted by Crippen LogP contribution is -2.50. The summed E-state index contributed by atoms with van der Waals surface area (Å²) in [5.41, 5.74) is 2.33. The van der Waals surface area contributed by atoms with Gasteiger partial charge in [-0.2, -0.15) is 0 Å². The topological polar surface area (TPSA) is 129 Å². The Hall–Kier alpha value is -4.09. The maximum Gasteiger partial charge on any atom is 0.330 e. The standard InChI is InChI=1S/C29H34N2O8S/c1-7-39-29(33)26(30-19(3)32)25(31-40(34,35)20-14-12-18(2)13-15-20)22-11-9-8-10-21(22)23-16-17-24(36-4)28(38-6)27(23)37-5/h8-17,25-26,31H,7H2,1-6H3,(H,30,32)/t25-,26-/m0/s1. The minimum atomic E-state index is -4.18. The zero-order chi connectivity index (χ0) is 29.4. The van der Waals surface area contributed by atoms with Crippen molar-refractivity contribution in [1.82, 2.24) is 10.0 Å². The van der Waals surface area contributed by atoms with Crippen molar-refractivity contribution in [3.05, 3.63) is 71.8 Å². The lowest BCUT2D eigenvalue weighted by atomic mass is 9.90. The Labute approximate surface area is 234 Å². The molecule has 10 nitrogen and oxygen atoms in total. The molecule has 11 heteroatoms. The lowest BCUT2D eigenvalue weighted by Gasteiger charge is -2.29. The number of methoxy groups -OCH3 is 3.